The van der Waals surface area contributed by atoms with Gasteiger partial charge in [0.15, 0.2) is 0 Å². The van der Waals surface area contributed by atoms with E-state index in [0.29, 0.717) is 5.92 Å². The van der Waals surface area contributed by atoms with Crippen molar-refractivity contribution in [1.29, 1.82) is 0 Å². The number of hydrogen-bond donors (Lipinski definition) is 1. The SMILES string of the molecule is CC(CS)Cc1nccs1. The van der Waals surface area contributed by atoms with Gasteiger partial charge in [0, 0.05) is 18.0 Å². The summed E-state index contributed by atoms with van der Waals surface area (Å²) in [7, 11) is 0. The molecule has 1 aromatic heterocycles. The zero-order chi connectivity index (χ0) is 7.40. The highest BCUT2D eigenvalue weighted by molar-refractivity contribution is 7.80. The third kappa shape index (κ3) is 2.31. The van der Waals surface area contributed by atoms with Crippen molar-refractivity contribution in [2.75, 3.05) is 5.75 Å². The zero-order valence-corrected chi connectivity index (χ0v) is 7.66. The van der Waals surface area contributed by atoms with Gasteiger partial charge in [-0.15, -0.1) is 11.3 Å². The molecule has 0 saturated heterocycles. The van der Waals surface area contributed by atoms with Gasteiger partial charge < -0.3 is 0 Å². The Balaban J connectivity index is 2.40. The Hall–Kier alpha value is -0.0200. The van der Waals surface area contributed by atoms with E-state index in [-0.39, 0.29) is 0 Å². The van der Waals surface area contributed by atoms with Crippen LogP contribution in [0.1, 0.15) is 11.9 Å². The van der Waals surface area contributed by atoms with E-state index in [4.69, 9.17) is 0 Å². The van der Waals surface area contributed by atoms with Crippen LogP contribution in [0.3, 0.4) is 0 Å². The first-order valence-corrected chi connectivity index (χ1v) is 4.83. The van der Waals surface area contributed by atoms with Crippen LogP contribution < -0.4 is 0 Å². The molecule has 0 aliphatic heterocycles. The summed E-state index contributed by atoms with van der Waals surface area (Å²) in [6.45, 7) is 2.19. The number of aromatic nitrogens is 1. The minimum absolute atomic E-state index is 0.648. The van der Waals surface area contributed by atoms with Gasteiger partial charge in [0.05, 0.1) is 5.01 Å². The topological polar surface area (TPSA) is 12.9 Å². The van der Waals surface area contributed by atoms with Crippen LogP contribution in [0.5, 0.6) is 0 Å². The van der Waals surface area contributed by atoms with Crippen LogP contribution in [0, 0.1) is 5.92 Å². The van der Waals surface area contributed by atoms with E-state index in [2.05, 4.69) is 24.5 Å². The van der Waals surface area contributed by atoms with Crippen LogP contribution >= 0.6 is 24.0 Å². The lowest BCUT2D eigenvalue weighted by Crippen LogP contribution is -1.99. The summed E-state index contributed by atoms with van der Waals surface area (Å²) in [6.07, 6.45) is 2.92. The smallest absolute Gasteiger partial charge is 0.0927 e. The molecular weight excluding hydrogens is 162 g/mol. The second kappa shape index (κ2) is 3.98. The molecule has 0 bridgehead atoms. The van der Waals surface area contributed by atoms with Gasteiger partial charge in [-0.1, -0.05) is 6.92 Å². The van der Waals surface area contributed by atoms with Crippen molar-refractivity contribution < 1.29 is 0 Å². The van der Waals surface area contributed by atoms with Crippen molar-refractivity contribution in [1.82, 2.24) is 4.98 Å². The first-order chi connectivity index (χ1) is 4.83. The number of hydrogen-bond acceptors (Lipinski definition) is 3. The predicted molar refractivity (Wildman–Crippen MR) is 48.8 cm³/mol. The maximum absolute atomic E-state index is 4.20. The Morgan fingerprint density at radius 3 is 3.10 bits per heavy atom. The number of rotatable bonds is 3. The second-order valence-corrected chi connectivity index (χ2v) is 3.76. The maximum Gasteiger partial charge on any atom is 0.0927 e. The molecule has 1 nitrogen and oxygen atoms in total. The Morgan fingerprint density at radius 1 is 1.80 bits per heavy atom. The lowest BCUT2D eigenvalue weighted by molar-refractivity contribution is 0.657. The molecule has 0 spiro atoms. The van der Waals surface area contributed by atoms with E-state index in [1.165, 1.54) is 5.01 Å². The van der Waals surface area contributed by atoms with Gasteiger partial charge in [-0.3, -0.25) is 0 Å². The minimum atomic E-state index is 0.648. The number of thiazole rings is 1. The van der Waals surface area contributed by atoms with Crippen molar-refractivity contribution in [2.24, 2.45) is 5.92 Å². The lowest BCUT2D eigenvalue weighted by atomic mass is 10.1. The van der Waals surface area contributed by atoms with Crippen LogP contribution in [0.4, 0.5) is 0 Å². The summed E-state index contributed by atoms with van der Waals surface area (Å²) < 4.78 is 0. The summed E-state index contributed by atoms with van der Waals surface area (Å²) in [5.41, 5.74) is 0. The zero-order valence-electron chi connectivity index (χ0n) is 5.95. The largest absolute Gasteiger partial charge is 0.250 e. The third-order valence-corrected chi connectivity index (χ3v) is 2.74. The van der Waals surface area contributed by atoms with E-state index in [1.54, 1.807) is 11.3 Å². The summed E-state index contributed by atoms with van der Waals surface area (Å²) in [5, 5.41) is 3.24. The first kappa shape index (κ1) is 8.08. The van der Waals surface area contributed by atoms with Crippen molar-refractivity contribution in [3.05, 3.63) is 16.6 Å². The Kier molecular flexibility index (Phi) is 3.22. The molecule has 0 saturated carbocycles. The van der Waals surface area contributed by atoms with Gasteiger partial charge in [-0.05, 0) is 11.7 Å². The van der Waals surface area contributed by atoms with Crippen LogP contribution in [-0.2, 0) is 6.42 Å². The molecule has 0 amide bonds. The van der Waals surface area contributed by atoms with E-state index < -0.39 is 0 Å². The van der Waals surface area contributed by atoms with E-state index in [0.717, 1.165) is 12.2 Å². The number of nitrogens with zero attached hydrogens (tertiary/aromatic N) is 1. The fourth-order valence-corrected chi connectivity index (χ4v) is 1.63. The van der Waals surface area contributed by atoms with Gasteiger partial charge in [-0.25, -0.2) is 4.98 Å². The Morgan fingerprint density at radius 2 is 2.60 bits per heavy atom. The number of thiol groups is 1. The van der Waals surface area contributed by atoms with Crippen LogP contribution in [-0.4, -0.2) is 10.7 Å². The van der Waals surface area contributed by atoms with Crippen molar-refractivity contribution in [3.63, 3.8) is 0 Å². The predicted octanol–water partition coefficient (Wildman–Crippen LogP) is 2.25. The van der Waals surface area contributed by atoms with Crippen molar-refractivity contribution >= 4 is 24.0 Å². The molecule has 0 radical (unpaired) electrons. The minimum Gasteiger partial charge on any atom is -0.250 e. The molecule has 1 atom stereocenters. The highest BCUT2D eigenvalue weighted by Crippen LogP contribution is 2.11. The van der Waals surface area contributed by atoms with Gasteiger partial charge in [0.2, 0.25) is 0 Å². The Labute approximate surface area is 70.9 Å². The fraction of sp³-hybridized carbons (Fsp3) is 0.571. The summed E-state index contributed by atoms with van der Waals surface area (Å²) >= 11 is 5.93. The molecule has 0 fully saturated rings. The second-order valence-electron chi connectivity index (χ2n) is 2.42. The lowest BCUT2D eigenvalue weighted by Gasteiger charge is -2.02. The van der Waals surface area contributed by atoms with E-state index in [1.807, 2.05) is 11.6 Å². The van der Waals surface area contributed by atoms with Crippen molar-refractivity contribution in [2.45, 2.75) is 13.3 Å². The normalized spacial score (nSPS) is 13.4. The van der Waals surface area contributed by atoms with Gasteiger partial charge >= 0.3 is 0 Å². The first-order valence-electron chi connectivity index (χ1n) is 3.32. The maximum atomic E-state index is 4.20. The molecule has 0 aliphatic rings. The molecule has 10 heavy (non-hydrogen) atoms. The average Bonchev–Trinajstić information content (AvgIpc) is 2.40. The molecule has 0 N–H and O–H groups in total. The van der Waals surface area contributed by atoms with E-state index >= 15 is 0 Å². The van der Waals surface area contributed by atoms with Gasteiger partial charge in [0.1, 0.15) is 0 Å². The molecular formula is C7H11NS2. The molecule has 3 heteroatoms. The molecule has 1 rings (SSSR count). The molecule has 1 aromatic rings. The highest BCUT2D eigenvalue weighted by atomic mass is 32.1. The van der Waals surface area contributed by atoms with Crippen LogP contribution in [0.25, 0.3) is 0 Å². The van der Waals surface area contributed by atoms with Crippen LogP contribution in [0.15, 0.2) is 11.6 Å². The quantitative estimate of drug-likeness (QED) is 0.692. The standard InChI is InChI=1S/C7H11NS2/c1-6(5-9)4-7-8-2-3-10-7/h2-3,6,9H,4-5H2,1H3. The highest BCUT2D eigenvalue weighted by Gasteiger charge is 2.01. The van der Waals surface area contributed by atoms with Crippen molar-refractivity contribution in [3.8, 4) is 0 Å². The molecule has 1 unspecified atom stereocenters. The van der Waals surface area contributed by atoms with Crippen LogP contribution in [0.2, 0.25) is 0 Å². The summed E-state index contributed by atoms with van der Waals surface area (Å²) in [6, 6.07) is 0. The molecule has 1 heterocycles. The van der Waals surface area contributed by atoms with Gasteiger partial charge in [-0.2, -0.15) is 12.6 Å². The Bertz CT molecular complexity index is 172. The summed E-state index contributed by atoms with van der Waals surface area (Å²) in [4.78, 5) is 4.19. The molecule has 56 valence electrons. The van der Waals surface area contributed by atoms with E-state index in [9.17, 15) is 0 Å². The monoisotopic (exact) mass is 173 g/mol. The third-order valence-electron chi connectivity index (χ3n) is 1.32. The van der Waals surface area contributed by atoms with Gasteiger partial charge in [0.25, 0.3) is 0 Å². The molecule has 0 aromatic carbocycles. The average molecular weight is 173 g/mol. The summed E-state index contributed by atoms with van der Waals surface area (Å²) in [5.74, 6) is 1.59. The fourth-order valence-electron chi connectivity index (χ4n) is 0.716. The molecule has 0 aliphatic carbocycles.